The molecule has 2 aliphatic rings. The van der Waals surface area contributed by atoms with E-state index < -0.39 is 10.4 Å². The third kappa shape index (κ3) is 2.92. The highest BCUT2D eigenvalue weighted by molar-refractivity contribution is 7.98. The molecular formula is C19H19ClN2O3S. The number of rotatable bonds is 2. The van der Waals surface area contributed by atoms with Crippen LogP contribution in [-0.2, 0) is 21.0 Å². The van der Waals surface area contributed by atoms with E-state index >= 15 is 0 Å². The predicted molar refractivity (Wildman–Crippen MR) is 102 cm³/mol. The van der Waals surface area contributed by atoms with Gasteiger partial charge in [-0.1, -0.05) is 46.1 Å². The van der Waals surface area contributed by atoms with Crippen LogP contribution in [0.15, 0.2) is 48.5 Å². The minimum absolute atomic E-state index is 0.106. The zero-order valence-electron chi connectivity index (χ0n) is 14.4. The summed E-state index contributed by atoms with van der Waals surface area (Å²) in [6.45, 7) is 1.45. The van der Waals surface area contributed by atoms with Crippen LogP contribution >= 0.6 is 11.6 Å². The molecule has 2 aromatic rings. The van der Waals surface area contributed by atoms with Gasteiger partial charge in [0.2, 0.25) is 0 Å². The van der Waals surface area contributed by atoms with Gasteiger partial charge in [-0.2, -0.15) is 4.31 Å². The van der Waals surface area contributed by atoms with Crippen LogP contribution in [-0.4, -0.2) is 41.2 Å². The normalized spacial score (nSPS) is 20.3. The van der Waals surface area contributed by atoms with E-state index in [1.807, 2.05) is 24.3 Å². The second-order valence-corrected chi connectivity index (χ2v) is 9.53. The Balaban J connectivity index is 1.58. The molecule has 0 aromatic heterocycles. The molecule has 1 amide bonds. The SMILES string of the molecule is C[S+](=O)([O-])N1CC2(Cc3ccccc31)CN(C(=O)c1ccccc1Cl)C2. The van der Waals surface area contributed by atoms with Crippen molar-refractivity contribution in [2.24, 2.45) is 5.41 Å². The third-order valence-corrected chi connectivity index (χ3v) is 6.61. The first-order chi connectivity index (χ1) is 12.3. The van der Waals surface area contributed by atoms with E-state index in [2.05, 4.69) is 0 Å². The van der Waals surface area contributed by atoms with E-state index in [9.17, 15) is 13.6 Å². The second-order valence-electron chi connectivity index (χ2n) is 7.22. The predicted octanol–water partition coefficient (Wildman–Crippen LogP) is 3.02. The smallest absolute Gasteiger partial charge is 0.255 e. The summed E-state index contributed by atoms with van der Waals surface area (Å²) in [6.07, 6.45) is 2.00. The molecule has 1 spiro atoms. The van der Waals surface area contributed by atoms with Crippen molar-refractivity contribution in [2.75, 3.05) is 30.2 Å². The molecule has 1 saturated heterocycles. The van der Waals surface area contributed by atoms with Crippen LogP contribution in [0.2, 0.25) is 5.02 Å². The number of hydrogen-bond donors (Lipinski definition) is 0. The number of hydrogen-bond acceptors (Lipinski definition) is 3. The number of benzene rings is 2. The van der Waals surface area contributed by atoms with Crippen molar-refractivity contribution < 1.29 is 13.6 Å². The average Bonchev–Trinajstić information content (AvgIpc) is 2.57. The van der Waals surface area contributed by atoms with Crippen LogP contribution in [0.5, 0.6) is 0 Å². The quantitative estimate of drug-likeness (QED) is 0.740. The lowest BCUT2D eigenvalue weighted by Crippen LogP contribution is -2.65. The summed E-state index contributed by atoms with van der Waals surface area (Å²) in [6, 6.07) is 14.6. The Morgan fingerprint density at radius 1 is 1.12 bits per heavy atom. The van der Waals surface area contributed by atoms with Crippen molar-refractivity contribution in [1.29, 1.82) is 0 Å². The molecule has 2 aromatic carbocycles. The molecule has 0 saturated carbocycles. The van der Waals surface area contributed by atoms with Crippen LogP contribution in [0.4, 0.5) is 5.69 Å². The molecule has 4 rings (SSSR count). The minimum atomic E-state index is -3.37. The first-order valence-corrected chi connectivity index (χ1v) is 10.6. The van der Waals surface area contributed by atoms with Gasteiger partial charge >= 0.3 is 0 Å². The lowest BCUT2D eigenvalue weighted by Gasteiger charge is -2.54. The number of anilines is 1. The number of para-hydroxylation sites is 1. The molecule has 136 valence electrons. The molecule has 7 heteroatoms. The lowest BCUT2D eigenvalue weighted by atomic mass is 9.72. The fraction of sp³-hybridized carbons (Fsp3) is 0.316. The Hall–Kier alpha value is -1.89. The number of nitrogens with zero attached hydrogens (tertiary/aromatic N) is 2. The number of carbonyl (C=O) groups is 1. The van der Waals surface area contributed by atoms with Gasteiger partial charge in [0.25, 0.3) is 5.91 Å². The summed E-state index contributed by atoms with van der Waals surface area (Å²) in [5, 5.41) is 0.435. The van der Waals surface area contributed by atoms with E-state index in [1.54, 1.807) is 29.2 Å². The summed E-state index contributed by atoms with van der Waals surface area (Å²) >= 11 is 6.14. The summed E-state index contributed by atoms with van der Waals surface area (Å²) < 4.78 is 26.0. The van der Waals surface area contributed by atoms with E-state index in [1.165, 1.54) is 10.6 Å². The summed E-state index contributed by atoms with van der Waals surface area (Å²) in [4.78, 5) is 14.5. The van der Waals surface area contributed by atoms with Gasteiger partial charge in [0, 0.05) is 18.5 Å². The highest BCUT2D eigenvalue weighted by Crippen LogP contribution is 2.44. The molecule has 26 heavy (non-hydrogen) atoms. The molecule has 1 fully saturated rings. The first kappa shape index (κ1) is 17.5. The maximum absolute atomic E-state index is 12.7. The Bertz CT molecular complexity index is 921. The van der Waals surface area contributed by atoms with Crippen molar-refractivity contribution in [3.8, 4) is 0 Å². The number of likely N-dealkylation sites (tertiary alicyclic amines) is 1. The monoisotopic (exact) mass is 390 g/mol. The topological polar surface area (TPSA) is 63.7 Å². The van der Waals surface area contributed by atoms with Gasteiger partial charge in [0.15, 0.2) is 0 Å². The highest BCUT2D eigenvalue weighted by atomic mass is 35.5. The number of halogens is 1. The number of carbonyl (C=O) groups excluding carboxylic acids is 1. The van der Waals surface area contributed by atoms with Gasteiger partial charge in [-0.25, -0.2) is 0 Å². The van der Waals surface area contributed by atoms with Crippen molar-refractivity contribution in [1.82, 2.24) is 4.90 Å². The summed E-state index contributed by atoms with van der Waals surface area (Å²) in [5.41, 5.74) is 2.00. The third-order valence-electron chi connectivity index (χ3n) is 5.15. The molecule has 5 nitrogen and oxygen atoms in total. The van der Waals surface area contributed by atoms with E-state index in [0.717, 1.165) is 17.7 Å². The Morgan fingerprint density at radius 2 is 1.77 bits per heavy atom. The zero-order chi connectivity index (χ0) is 18.5. The molecule has 0 bridgehead atoms. The van der Waals surface area contributed by atoms with Gasteiger partial charge in [-0.05, 0) is 30.2 Å². The molecule has 1 atom stereocenters. The molecule has 0 radical (unpaired) electrons. The summed E-state index contributed by atoms with van der Waals surface area (Å²) in [7, 11) is -3.37. The van der Waals surface area contributed by atoms with E-state index in [-0.39, 0.29) is 11.3 Å². The molecule has 2 heterocycles. The van der Waals surface area contributed by atoms with Gasteiger partial charge in [-0.3, -0.25) is 4.79 Å². The molecule has 0 N–H and O–H groups in total. The first-order valence-electron chi connectivity index (χ1n) is 8.39. The van der Waals surface area contributed by atoms with E-state index in [4.69, 9.17) is 11.6 Å². The largest absolute Gasteiger partial charge is 0.593 e. The molecular weight excluding hydrogens is 372 g/mol. The number of amides is 1. The number of fused-ring (bicyclic) bond motifs is 1. The van der Waals surface area contributed by atoms with Crippen LogP contribution in [0.25, 0.3) is 0 Å². The van der Waals surface area contributed by atoms with Gasteiger partial charge in [0.05, 0.1) is 22.8 Å². The minimum Gasteiger partial charge on any atom is -0.593 e. The van der Waals surface area contributed by atoms with Crippen LogP contribution in [0.3, 0.4) is 0 Å². The van der Waals surface area contributed by atoms with Gasteiger partial charge < -0.3 is 9.45 Å². The fourth-order valence-electron chi connectivity index (χ4n) is 3.97. The maximum Gasteiger partial charge on any atom is 0.255 e. The maximum atomic E-state index is 12.7. The standard InChI is InChI=1S/C19H19ClN2O3S/c1-26(24,25)22-13-19(10-14-6-2-5-9-17(14)22)11-21(12-19)18(23)15-7-3-4-8-16(15)20/h2-9H,10-13H2,1H3. The van der Waals surface area contributed by atoms with Crippen molar-refractivity contribution in [2.45, 2.75) is 6.42 Å². The second kappa shape index (κ2) is 6.08. The fourth-order valence-corrected chi connectivity index (χ4v) is 5.23. The Morgan fingerprint density at radius 3 is 2.46 bits per heavy atom. The Kier molecular flexibility index (Phi) is 4.10. The van der Waals surface area contributed by atoms with Gasteiger partial charge in [0.1, 0.15) is 16.7 Å². The van der Waals surface area contributed by atoms with Crippen LogP contribution < -0.4 is 4.31 Å². The average molecular weight is 391 g/mol. The van der Waals surface area contributed by atoms with E-state index in [0.29, 0.717) is 30.2 Å². The lowest BCUT2D eigenvalue weighted by molar-refractivity contribution is 0.00911. The molecule has 2 aliphatic heterocycles. The number of sulfonamides is 1. The summed E-state index contributed by atoms with van der Waals surface area (Å²) in [5.74, 6) is -0.106. The Labute approximate surface area is 158 Å². The van der Waals surface area contributed by atoms with Crippen LogP contribution in [0.1, 0.15) is 15.9 Å². The van der Waals surface area contributed by atoms with Gasteiger partial charge in [-0.15, -0.1) is 0 Å². The van der Waals surface area contributed by atoms with Crippen molar-refractivity contribution in [3.63, 3.8) is 0 Å². The van der Waals surface area contributed by atoms with Crippen molar-refractivity contribution in [3.05, 3.63) is 64.7 Å². The molecule has 1 unspecified atom stereocenters. The zero-order valence-corrected chi connectivity index (χ0v) is 15.9. The molecule has 0 aliphatic carbocycles. The highest BCUT2D eigenvalue weighted by Gasteiger charge is 2.51. The van der Waals surface area contributed by atoms with Crippen molar-refractivity contribution >= 4 is 33.6 Å². The van der Waals surface area contributed by atoms with Crippen LogP contribution in [0, 0.1) is 5.41 Å².